The van der Waals surface area contributed by atoms with Crippen molar-refractivity contribution in [1.29, 1.82) is 0 Å². The number of hydrogen-bond acceptors (Lipinski definition) is 3. The normalized spacial score (nSPS) is 11.6. The van der Waals surface area contributed by atoms with Gasteiger partial charge in [0, 0.05) is 0 Å². The molecule has 0 saturated heterocycles. The van der Waals surface area contributed by atoms with Crippen LogP contribution in [-0.2, 0) is 6.54 Å². The Kier molecular flexibility index (Phi) is 4.72. The zero-order chi connectivity index (χ0) is 14.7. The van der Waals surface area contributed by atoms with Crippen molar-refractivity contribution in [3.63, 3.8) is 0 Å². The molecule has 0 aliphatic heterocycles. The minimum atomic E-state index is -2.48. The maximum atomic E-state index is 12.2. The SMILES string of the molecule is O=C(O)c1cnc(Cl)cc1[AsH]c1cnn(CC(F)F)c1. The molecule has 2 aromatic heterocycles. The van der Waals surface area contributed by atoms with Gasteiger partial charge in [0.05, 0.1) is 0 Å². The predicted molar refractivity (Wildman–Crippen MR) is 70.9 cm³/mol. The molecular weight excluding hydrogens is 355 g/mol. The number of rotatable bonds is 5. The first-order chi connectivity index (χ1) is 9.45. The molecule has 106 valence electrons. The number of aromatic nitrogens is 3. The van der Waals surface area contributed by atoms with Crippen molar-refractivity contribution in [3.8, 4) is 0 Å². The van der Waals surface area contributed by atoms with Gasteiger partial charge in [-0.15, -0.1) is 0 Å². The van der Waals surface area contributed by atoms with Crippen LogP contribution in [0.1, 0.15) is 10.4 Å². The van der Waals surface area contributed by atoms with Crippen LogP contribution in [0.4, 0.5) is 8.78 Å². The summed E-state index contributed by atoms with van der Waals surface area (Å²) in [6, 6.07) is 1.50. The number of halogens is 3. The van der Waals surface area contributed by atoms with Gasteiger partial charge in [0.2, 0.25) is 0 Å². The number of carboxylic acids is 1. The molecule has 0 spiro atoms. The van der Waals surface area contributed by atoms with Crippen molar-refractivity contribution in [2.75, 3.05) is 0 Å². The fourth-order valence-corrected chi connectivity index (χ4v) is 4.32. The van der Waals surface area contributed by atoms with E-state index < -0.39 is 34.7 Å². The van der Waals surface area contributed by atoms with Crippen LogP contribution in [-0.4, -0.2) is 48.0 Å². The van der Waals surface area contributed by atoms with E-state index in [1.54, 1.807) is 0 Å². The molecule has 1 N–H and O–H groups in total. The standard InChI is InChI=1S/C11H9AsClF2N3O2/c13-9-1-8(7(3-16-9)11(19)20)12-6-2-17-18(4-6)5-10(14)15/h1-4,10,12H,5H2,(H,19,20). The molecule has 1 atom stereocenters. The fraction of sp³-hybridized carbons (Fsp3) is 0.182. The van der Waals surface area contributed by atoms with Crippen molar-refractivity contribution in [3.05, 3.63) is 35.4 Å². The summed E-state index contributed by atoms with van der Waals surface area (Å²) < 4.78 is 26.9. The summed E-state index contributed by atoms with van der Waals surface area (Å²) in [5.41, 5.74) is 0.0796. The molecule has 20 heavy (non-hydrogen) atoms. The van der Waals surface area contributed by atoms with E-state index in [0.29, 0.717) is 4.35 Å². The third kappa shape index (κ3) is 3.77. The second kappa shape index (κ2) is 6.33. The zero-order valence-corrected chi connectivity index (χ0v) is 12.8. The summed E-state index contributed by atoms with van der Waals surface area (Å²) in [6.07, 6.45) is 1.70. The van der Waals surface area contributed by atoms with E-state index >= 15 is 0 Å². The Morgan fingerprint density at radius 1 is 1.50 bits per heavy atom. The van der Waals surface area contributed by atoms with Gasteiger partial charge < -0.3 is 0 Å². The summed E-state index contributed by atoms with van der Waals surface area (Å²) in [5, 5.41) is 13.1. The average molecular weight is 364 g/mol. The van der Waals surface area contributed by atoms with E-state index in [0.717, 1.165) is 9.03 Å². The van der Waals surface area contributed by atoms with Crippen LogP contribution < -0.4 is 8.70 Å². The Labute approximate surface area is 124 Å². The van der Waals surface area contributed by atoms with E-state index in [2.05, 4.69) is 10.1 Å². The number of alkyl halides is 2. The van der Waals surface area contributed by atoms with Crippen LogP contribution in [0.2, 0.25) is 5.15 Å². The molecule has 5 nitrogen and oxygen atoms in total. The predicted octanol–water partition coefficient (Wildman–Crippen LogP) is 0.282. The molecule has 0 aliphatic carbocycles. The molecule has 1 unspecified atom stereocenters. The van der Waals surface area contributed by atoms with Gasteiger partial charge in [-0.2, -0.15) is 0 Å². The number of nitrogens with zero attached hydrogens (tertiary/aromatic N) is 3. The van der Waals surface area contributed by atoms with Crippen LogP contribution in [0.5, 0.6) is 0 Å². The number of hydrogen-bond donors (Lipinski definition) is 1. The Balaban J connectivity index is 2.23. The zero-order valence-electron chi connectivity index (χ0n) is 9.92. The average Bonchev–Trinajstić information content (AvgIpc) is 2.75. The Bertz CT molecular complexity index is 636. The summed E-state index contributed by atoms with van der Waals surface area (Å²) >= 11 is 4.72. The number of carboxylic acid groups (broad SMARTS) is 1. The summed E-state index contributed by atoms with van der Waals surface area (Å²) in [6.45, 7) is -0.477. The number of aromatic carboxylic acids is 1. The third-order valence-electron chi connectivity index (χ3n) is 2.34. The molecule has 0 fully saturated rings. The molecule has 0 aromatic carbocycles. The quantitative estimate of drug-likeness (QED) is 0.612. The molecule has 0 saturated carbocycles. The van der Waals surface area contributed by atoms with Crippen molar-refractivity contribution in [2.24, 2.45) is 0 Å². The van der Waals surface area contributed by atoms with Gasteiger partial charge in [0.1, 0.15) is 0 Å². The van der Waals surface area contributed by atoms with Gasteiger partial charge in [-0.25, -0.2) is 0 Å². The molecule has 9 heteroatoms. The van der Waals surface area contributed by atoms with E-state index in [4.69, 9.17) is 16.7 Å². The Morgan fingerprint density at radius 3 is 2.90 bits per heavy atom. The van der Waals surface area contributed by atoms with Crippen molar-refractivity contribution in [1.82, 2.24) is 14.8 Å². The van der Waals surface area contributed by atoms with Gasteiger partial charge in [-0.3, -0.25) is 0 Å². The number of carbonyl (C=O) groups is 1. The minimum absolute atomic E-state index is 0.0796. The van der Waals surface area contributed by atoms with Crippen LogP contribution in [0.25, 0.3) is 0 Å². The third-order valence-corrected chi connectivity index (χ3v) is 5.13. The molecule has 0 aliphatic rings. The summed E-state index contributed by atoms with van der Waals surface area (Å²) in [4.78, 5) is 14.8. The first-order valence-corrected chi connectivity index (χ1v) is 7.90. The Hall–Kier alpha value is -1.46. The molecular formula is C11H9AsClF2N3O2. The van der Waals surface area contributed by atoms with E-state index in [1.165, 1.54) is 24.7 Å². The van der Waals surface area contributed by atoms with E-state index in [-0.39, 0.29) is 10.7 Å². The van der Waals surface area contributed by atoms with Gasteiger partial charge >= 0.3 is 124 Å². The van der Waals surface area contributed by atoms with Crippen LogP contribution in [0.3, 0.4) is 0 Å². The second-order valence-corrected chi connectivity index (χ2v) is 7.08. The molecule has 2 rings (SSSR count). The summed E-state index contributed by atoms with van der Waals surface area (Å²) in [5.74, 6) is -1.09. The van der Waals surface area contributed by atoms with Crippen molar-refractivity contribution >= 4 is 42.0 Å². The monoisotopic (exact) mass is 363 g/mol. The summed E-state index contributed by atoms with van der Waals surface area (Å²) in [7, 11) is 0. The van der Waals surface area contributed by atoms with Gasteiger partial charge in [-0.05, 0) is 0 Å². The first kappa shape index (κ1) is 14.9. The van der Waals surface area contributed by atoms with Gasteiger partial charge in [0.25, 0.3) is 0 Å². The molecule has 2 heterocycles. The first-order valence-electron chi connectivity index (χ1n) is 5.42. The van der Waals surface area contributed by atoms with Crippen molar-refractivity contribution in [2.45, 2.75) is 13.0 Å². The van der Waals surface area contributed by atoms with Crippen molar-refractivity contribution < 1.29 is 18.7 Å². The maximum absolute atomic E-state index is 12.2. The number of pyridine rings is 1. The molecule has 0 amide bonds. The van der Waals surface area contributed by atoms with E-state index in [1.807, 2.05) is 0 Å². The van der Waals surface area contributed by atoms with Crippen LogP contribution in [0, 0.1) is 0 Å². The van der Waals surface area contributed by atoms with E-state index in [9.17, 15) is 13.6 Å². The Morgan fingerprint density at radius 2 is 2.25 bits per heavy atom. The molecule has 0 bridgehead atoms. The molecule has 0 radical (unpaired) electrons. The fourth-order valence-electron chi connectivity index (χ4n) is 1.53. The van der Waals surface area contributed by atoms with Gasteiger partial charge in [0.15, 0.2) is 0 Å². The van der Waals surface area contributed by atoms with Crippen LogP contribution >= 0.6 is 11.6 Å². The van der Waals surface area contributed by atoms with Gasteiger partial charge in [-0.1, -0.05) is 0 Å². The van der Waals surface area contributed by atoms with Crippen LogP contribution in [0.15, 0.2) is 24.7 Å². The molecule has 2 aromatic rings. The second-order valence-electron chi connectivity index (χ2n) is 3.82. The topological polar surface area (TPSA) is 68.0 Å².